The Labute approximate surface area is 98.2 Å². The van der Waals surface area contributed by atoms with Crippen LogP contribution in [0.4, 0.5) is 0 Å². The SMILES string of the molecule is CCC(CC1CCNC1N)c1ccccc1. The van der Waals surface area contributed by atoms with E-state index in [0.29, 0.717) is 11.8 Å². The highest BCUT2D eigenvalue weighted by atomic mass is 15.1. The Balaban J connectivity index is 2.00. The van der Waals surface area contributed by atoms with Crippen LogP contribution in [0.15, 0.2) is 30.3 Å². The Bertz CT molecular complexity index is 310. The highest BCUT2D eigenvalue weighted by Crippen LogP contribution is 2.30. The number of nitrogens with one attached hydrogen (secondary N) is 1. The molecule has 3 N–H and O–H groups in total. The molecule has 0 aliphatic carbocycles. The van der Waals surface area contributed by atoms with Gasteiger partial charge < -0.3 is 11.1 Å². The van der Waals surface area contributed by atoms with Crippen molar-refractivity contribution in [2.45, 2.75) is 38.3 Å². The number of benzene rings is 1. The fraction of sp³-hybridized carbons (Fsp3) is 0.571. The quantitative estimate of drug-likeness (QED) is 0.814. The van der Waals surface area contributed by atoms with Crippen LogP contribution in [0.1, 0.15) is 37.7 Å². The van der Waals surface area contributed by atoms with Gasteiger partial charge in [-0.1, -0.05) is 37.3 Å². The Morgan fingerprint density at radius 1 is 1.38 bits per heavy atom. The Hall–Kier alpha value is -0.860. The van der Waals surface area contributed by atoms with Crippen LogP contribution in [-0.4, -0.2) is 12.7 Å². The van der Waals surface area contributed by atoms with Crippen molar-refractivity contribution in [3.05, 3.63) is 35.9 Å². The second-order valence-electron chi connectivity index (χ2n) is 4.78. The van der Waals surface area contributed by atoms with Crippen molar-refractivity contribution >= 4 is 0 Å². The third-order valence-electron chi connectivity index (χ3n) is 3.75. The van der Waals surface area contributed by atoms with Crippen LogP contribution in [0.5, 0.6) is 0 Å². The van der Waals surface area contributed by atoms with Crippen LogP contribution in [0.25, 0.3) is 0 Å². The van der Waals surface area contributed by atoms with Crippen molar-refractivity contribution in [3.63, 3.8) is 0 Å². The van der Waals surface area contributed by atoms with E-state index in [1.54, 1.807) is 0 Å². The zero-order chi connectivity index (χ0) is 11.4. The highest BCUT2D eigenvalue weighted by Gasteiger charge is 2.26. The first-order valence-corrected chi connectivity index (χ1v) is 6.35. The summed E-state index contributed by atoms with van der Waals surface area (Å²) in [5.74, 6) is 1.31. The Morgan fingerprint density at radius 2 is 2.12 bits per heavy atom. The Kier molecular flexibility index (Phi) is 3.97. The van der Waals surface area contributed by atoms with Crippen LogP contribution >= 0.6 is 0 Å². The van der Waals surface area contributed by atoms with Gasteiger partial charge in [0.15, 0.2) is 0 Å². The lowest BCUT2D eigenvalue weighted by molar-refractivity contribution is 0.387. The monoisotopic (exact) mass is 218 g/mol. The summed E-state index contributed by atoms with van der Waals surface area (Å²) >= 11 is 0. The van der Waals surface area contributed by atoms with Gasteiger partial charge in [-0.05, 0) is 43.2 Å². The lowest BCUT2D eigenvalue weighted by Crippen LogP contribution is -2.36. The van der Waals surface area contributed by atoms with Gasteiger partial charge in [0.1, 0.15) is 0 Å². The molecule has 1 heterocycles. The van der Waals surface area contributed by atoms with E-state index in [1.165, 1.54) is 24.8 Å². The summed E-state index contributed by atoms with van der Waals surface area (Å²) in [5, 5.41) is 3.33. The average molecular weight is 218 g/mol. The summed E-state index contributed by atoms with van der Waals surface area (Å²) in [7, 11) is 0. The molecule has 16 heavy (non-hydrogen) atoms. The van der Waals surface area contributed by atoms with E-state index in [4.69, 9.17) is 5.73 Å². The van der Waals surface area contributed by atoms with Crippen molar-refractivity contribution in [3.8, 4) is 0 Å². The molecule has 1 aromatic carbocycles. The fourth-order valence-corrected chi connectivity index (χ4v) is 2.68. The number of hydrogen-bond acceptors (Lipinski definition) is 2. The van der Waals surface area contributed by atoms with Gasteiger partial charge in [0, 0.05) is 0 Å². The largest absolute Gasteiger partial charge is 0.316 e. The maximum atomic E-state index is 6.05. The van der Waals surface area contributed by atoms with E-state index in [9.17, 15) is 0 Å². The van der Waals surface area contributed by atoms with E-state index in [1.807, 2.05) is 0 Å². The van der Waals surface area contributed by atoms with Gasteiger partial charge in [-0.15, -0.1) is 0 Å². The standard InChI is InChI=1S/C14H22N2/c1-2-11(12-6-4-3-5-7-12)10-13-8-9-16-14(13)15/h3-7,11,13-14,16H,2,8-10,15H2,1H3. The number of hydrogen-bond donors (Lipinski definition) is 2. The minimum atomic E-state index is 0.206. The first-order valence-electron chi connectivity index (χ1n) is 6.35. The molecule has 0 bridgehead atoms. The van der Waals surface area contributed by atoms with E-state index in [-0.39, 0.29) is 6.17 Å². The second-order valence-corrected chi connectivity index (χ2v) is 4.78. The van der Waals surface area contributed by atoms with E-state index >= 15 is 0 Å². The van der Waals surface area contributed by atoms with Crippen LogP contribution in [-0.2, 0) is 0 Å². The number of nitrogens with two attached hydrogens (primary N) is 1. The molecular weight excluding hydrogens is 196 g/mol. The summed E-state index contributed by atoms with van der Waals surface area (Å²) in [6.45, 7) is 3.35. The molecule has 0 spiro atoms. The van der Waals surface area contributed by atoms with Crippen LogP contribution < -0.4 is 11.1 Å². The maximum Gasteiger partial charge on any atom is 0.0576 e. The fourth-order valence-electron chi connectivity index (χ4n) is 2.68. The summed E-state index contributed by atoms with van der Waals surface area (Å²) < 4.78 is 0. The zero-order valence-electron chi connectivity index (χ0n) is 10.0. The molecule has 0 radical (unpaired) electrons. The molecule has 88 valence electrons. The van der Waals surface area contributed by atoms with Crippen LogP contribution in [0.2, 0.25) is 0 Å². The number of rotatable bonds is 4. The van der Waals surface area contributed by atoms with E-state index in [2.05, 4.69) is 42.6 Å². The molecule has 1 saturated heterocycles. The normalized spacial score (nSPS) is 26.9. The minimum Gasteiger partial charge on any atom is -0.316 e. The van der Waals surface area contributed by atoms with Crippen LogP contribution in [0, 0.1) is 5.92 Å². The van der Waals surface area contributed by atoms with Gasteiger partial charge in [-0.3, -0.25) is 0 Å². The molecule has 2 rings (SSSR count). The lowest BCUT2D eigenvalue weighted by Gasteiger charge is -2.22. The molecular formula is C14H22N2. The first-order chi connectivity index (χ1) is 7.81. The third-order valence-corrected chi connectivity index (χ3v) is 3.75. The minimum absolute atomic E-state index is 0.206. The van der Waals surface area contributed by atoms with Crippen molar-refractivity contribution in [2.75, 3.05) is 6.54 Å². The van der Waals surface area contributed by atoms with E-state index < -0.39 is 0 Å². The molecule has 1 aliphatic rings. The van der Waals surface area contributed by atoms with Crippen molar-refractivity contribution in [1.29, 1.82) is 0 Å². The molecule has 0 saturated carbocycles. The summed E-state index contributed by atoms with van der Waals surface area (Å²) in [5.41, 5.74) is 7.51. The predicted octanol–water partition coefficient (Wildman–Crippen LogP) is 2.46. The van der Waals surface area contributed by atoms with Gasteiger partial charge in [0.05, 0.1) is 6.17 Å². The molecule has 1 aliphatic heterocycles. The van der Waals surface area contributed by atoms with Crippen molar-refractivity contribution in [2.24, 2.45) is 11.7 Å². The average Bonchev–Trinajstić information content (AvgIpc) is 2.73. The van der Waals surface area contributed by atoms with E-state index in [0.717, 1.165) is 6.54 Å². The molecule has 0 aromatic heterocycles. The van der Waals surface area contributed by atoms with Crippen molar-refractivity contribution in [1.82, 2.24) is 5.32 Å². The van der Waals surface area contributed by atoms with Gasteiger partial charge in [-0.2, -0.15) is 0 Å². The van der Waals surface area contributed by atoms with Gasteiger partial charge in [0.2, 0.25) is 0 Å². The lowest BCUT2D eigenvalue weighted by atomic mass is 9.85. The predicted molar refractivity (Wildman–Crippen MR) is 68.2 cm³/mol. The summed E-state index contributed by atoms with van der Waals surface area (Å²) in [6.07, 6.45) is 3.85. The molecule has 2 nitrogen and oxygen atoms in total. The Morgan fingerprint density at radius 3 is 2.69 bits per heavy atom. The third kappa shape index (κ3) is 2.63. The van der Waals surface area contributed by atoms with Crippen LogP contribution in [0.3, 0.4) is 0 Å². The smallest absolute Gasteiger partial charge is 0.0576 e. The first kappa shape index (κ1) is 11.6. The molecule has 2 heteroatoms. The maximum absolute atomic E-state index is 6.05. The molecule has 3 unspecified atom stereocenters. The second kappa shape index (κ2) is 5.46. The molecule has 1 aromatic rings. The van der Waals surface area contributed by atoms with Gasteiger partial charge >= 0.3 is 0 Å². The molecule has 0 amide bonds. The topological polar surface area (TPSA) is 38.0 Å². The highest BCUT2D eigenvalue weighted by molar-refractivity contribution is 5.19. The summed E-state index contributed by atoms with van der Waals surface area (Å²) in [4.78, 5) is 0. The van der Waals surface area contributed by atoms with Crippen molar-refractivity contribution < 1.29 is 0 Å². The molecule has 3 atom stereocenters. The zero-order valence-corrected chi connectivity index (χ0v) is 10.0. The van der Waals surface area contributed by atoms with Gasteiger partial charge in [-0.25, -0.2) is 0 Å². The van der Waals surface area contributed by atoms with Gasteiger partial charge in [0.25, 0.3) is 0 Å². The molecule has 1 fully saturated rings. The summed E-state index contributed by atoms with van der Waals surface area (Å²) in [6, 6.07) is 10.8.